The average molecular weight is 427 g/mol. The molecule has 30 heavy (non-hydrogen) atoms. The van der Waals surface area contributed by atoms with Crippen LogP contribution in [-0.2, 0) is 14.8 Å². The van der Waals surface area contributed by atoms with Gasteiger partial charge in [-0.05, 0) is 49.7 Å². The summed E-state index contributed by atoms with van der Waals surface area (Å²) in [6, 6.07) is 10.8. The molecule has 0 aliphatic carbocycles. The van der Waals surface area contributed by atoms with E-state index in [9.17, 15) is 8.42 Å². The number of methoxy groups -OCH3 is 1. The molecule has 0 saturated carbocycles. The molecule has 0 bridgehead atoms. The molecule has 2 saturated heterocycles. The first-order valence-electron chi connectivity index (χ1n) is 10.4. The molecule has 7 nitrogen and oxygen atoms in total. The van der Waals surface area contributed by atoms with E-state index in [0.29, 0.717) is 5.52 Å². The van der Waals surface area contributed by atoms with Crippen molar-refractivity contribution in [3.05, 3.63) is 54.4 Å². The minimum absolute atomic E-state index is 0.187. The van der Waals surface area contributed by atoms with Crippen LogP contribution in [0.25, 0.3) is 11.0 Å². The Balaban J connectivity index is 1.56. The number of fused-ring (bicyclic) bond motifs is 1. The van der Waals surface area contributed by atoms with Crippen molar-refractivity contribution in [2.45, 2.75) is 29.8 Å². The molecule has 0 radical (unpaired) electrons. The highest BCUT2D eigenvalue weighted by molar-refractivity contribution is 7.90. The van der Waals surface area contributed by atoms with E-state index >= 15 is 0 Å². The van der Waals surface area contributed by atoms with Crippen LogP contribution in [-0.4, -0.2) is 56.8 Å². The van der Waals surface area contributed by atoms with Gasteiger partial charge in [0.25, 0.3) is 10.0 Å². The van der Waals surface area contributed by atoms with Gasteiger partial charge in [-0.2, -0.15) is 0 Å². The van der Waals surface area contributed by atoms with Gasteiger partial charge in [0.1, 0.15) is 0 Å². The van der Waals surface area contributed by atoms with E-state index in [4.69, 9.17) is 4.74 Å². The zero-order valence-corrected chi connectivity index (χ0v) is 17.8. The number of aromatic nitrogens is 2. The molecule has 1 N–H and O–H groups in total. The van der Waals surface area contributed by atoms with Crippen molar-refractivity contribution < 1.29 is 13.2 Å². The van der Waals surface area contributed by atoms with E-state index in [0.717, 1.165) is 55.8 Å². The summed E-state index contributed by atoms with van der Waals surface area (Å²) in [5, 5.41) is 3.36. The fourth-order valence-electron chi connectivity index (χ4n) is 4.58. The Hall–Kier alpha value is -2.42. The number of nitrogens with one attached hydrogen (secondary N) is 1. The highest BCUT2D eigenvalue weighted by atomic mass is 32.2. The van der Waals surface area contributed by atoms with Crippen molar-refractivity contribution in [1.82, 2.24) is 14.3 Å². The number of hydrogen-bond acceptors (Lipinski definition) is 6. The Morgan fingerprint density at radius 2 is 2.10 bits per heavy atom. The highest BCUT2D eigenvalue weighted by Crippen LogP contribution is 2.33. The molecule has 0 amide bonds. The molecule has 1 aromatic carbocycles. The van der Waals surface area contributed by atoms with Gasteiger partial charge in [-0.1, -0.05) is 6.07 Å². The second-order valence-corrected chi connectivity index (χ2v) is 9.85. The zero-order valence-electron chi connectivity index (χ0n) is 17.0. The molecule has 2 aliphatic heterocycles. The van der Waals surface area contributed by atoms with Crippen molar-refractivity contribution in [2.24, 2.45) is 0 Å². The summed E-state index contributed by atoms with van der Waals surface area (Å²) in [6.45, 7) is 3.42. The molecule has 2 aliphatic rings. The SMILES string of the molecule is CO[C@H]1CCN(c2cccc(S(=O)(=O)n3cc([C@@H]4CCNC4)c4ncccc43)c2)C1. The molecule has 2 aromatic heterocycles. The van der Waals surface area contributed by atoms with Crippen molar-refractivity contribution in [3.8, 4) is 0 Å². The Morgan fingerprint density at radius 3 is 2.87 bits per heavy atom. The predicted octanol–water partition coefficient (Wildman–Crippen LogP) is 2.58. The number of rotatable bonds is 5. The summed E-state index contributed by atoms with van der Waals surface area (Å²) in [4.78, 5) is 6.98. The maximum atomic E-state index is 13.6. The molecule has 2 fully saturated rings. The van der Waals surface area contributed by atoms with Crippen molar-refractivity contribution >= 4 is 26.7 Å². The number of hydrogen-bond donors (Lipinski definition) is 1. The summed E-state index contributed by atoms with van der Waals surface area (Å²) >= 11 is 0. The van der Waals surface area contributed by atoms with E-state index in [1.54, 1.807) is 37.7 Å². The molecule has 0 unspecified atom stereocenters. The highest BCUT2D eigenvalue weighted by Gasteiger charge is 2.28. The summed E-state index contributed by atoms with van der Waals surface area (Å²) in [6.07, 6.45) is 5.62. The van der Waals surface area contributed by atoms with Gasteiger partial charge in [0, 0.05) is 56.3 Å². The van der Waals surface area contributed by atoms with Crippen LogP contribution in [0.4, 0.5) is 5.69 Å². The molecule has 4 heterocycles. The lowest BCUT2D eigenvalue weighted by atomic mass is 10.0. The van der Waals surface area contributed by atoms with Gasteiger partial charge in [-0.3, -0.25) is 4.98 Å². The zero-order chi connectivity index (χ0) is 20.7. The third-order valence-electron chi connectivity index (χ3n) is 6.27. The largest absolute Gasteiger partial charge is 0.380 e. The summed E-state index contributed by atoms with van der Waals surface area (Å²) in [5.41, 5.74) is 3.31. The monoisotopic (exact) mass is 426 g/mol. The van der Waals surface area contributed by atoms with Crippen LogP contribution >= 0.6 is 0 Å². The number of nitrogens with zero attached hydrogens (tertiary/aromatic N) is 3. The van der Waals surface area contributed by atoms with Crippen LogP contribution in [0.2, 0.25) is 0 Å². The Kier molecular flexibility index (Phi) is 5.00. The molecular formula is C22H26N4O3S. The molecule has 158 valence electrons. The smallest absolute Gasteiger partial charge is 0.268 e. The summed E-state index contributed by atoms with van der Waals surface area (Å²) < 4.78 is 34.1. The Morgan fingerprint density at radius 1 is 1.20 bits per heavy atom. The molecule has 2 atom stereocenters. The second-order valence-electron chi connectivity index (χ2n) is 8.04. The number of pyridine rings is 1. The quantitative estimate of drug-likeness (QED) is 0.676. The van der Waals surface area contributed by atoms with E-state index in [1.807, 2.05) is 18.2 Å². The van der Waals surface area contributed by atoms with Gasteiger partial charge < -0.3 is 15.0 Å². The van der Waals surface area contributed by atoms with Gasteiger partial charge in [-0.15, -0.1) is 0 Å². The molecular weight excluding hydrogens is 400 g/mol. The van der Waals surface area contributed by atoms with E-state index in [-0.39, 0.29) is 16.9 Å². The molecule has 3 aromatic rings. The first kappa shape index (κ1) is 19.5. The first-order chi connectivity index (χ1) is 14.6. The maximum absolute atomic E-state index is 13.6. The average Bonchev–Trinajstić information content (AvgIpc) is 3.53. The number of anilines is 1. The number of ether oxygens (including phenoxy) is 1. The standard InChI is InChI=1S/C22H26N4O3S/c1-29-18-8-11-25(14-18)17-4-2-5-19(12-17)30(27,28)26-15-20(16-7-10-23-13-16)22-21(26)6-3-9-24-22/h2-6,9,12,15-16,18,23H,7-8,10-11,13-14H2,1H3/t16-,18+/m1/s1. The lowest BCUT2D eigenvalue weighted by Crippen LogP contribution is -2.22. The van der Waals surface area contributed by atoms with Crippen molar-refractivity contribution in [3.63, 3.8) is 0 Å². The third kappa shape index (κ3) is 3.29. The van der Waals surface area contributed by atoms with Gasteiger partial charge in [0.2, 0.25) is 0 Å². The fraction of sp³-hybridized carbons (Fsp3) is 0.409. The van der Waals surface area contributed by atoms with Gasteiger partial charge >= 0.3 is 0 Å². The van der Waals surface area contributed by atoms with Crippen LogP contribution in [0.15, 0.2) is 53.7 Å². The normalized spacial score (nSPS) is 22.2. The Bertz CT molecular complexity index is 1170. The lowest BCUT2D eigenvalue weighted by molar-refractivity contribution is 0.121. The van der Waals surface area contributed by atoms with Crippen molar-refractivity contribution in [1.29, 1.82) is 0 Å². The van der Waals surface area contributed by atoms with Crippen LogP contribution in [0, 0.1) is 0 Å². The summed E-state index contributed by atoms with van der Waals surface area (Å²) in [5.74, 6) is 0.278. The minimum Gasteiger partial charge on any atom is -0.380 e. The van der Waals surface area contributed by atoms with E-state index in [2.05, 4.69) is 15.2 Å². The van der Waals surface area contributed by atoms with Gasteiger partial charge in [-0.25, -0.2) is 12.4 Å². The maximum Gasteiger partial charge on any atom is 0.268 e. The molecule has 0 spiro atoms. The van der Waals surface area contributed by atoms with E-state index < -0.39 is 10.0 Å². The predicted molar refractivity (Wildman–Crippen MR) is 117 cm³/mol. The van der Waals surface area contributed by atoms with Gasteiger partial charge in [0.15, 0.2) is 0 Å². The fourth-order valence-corrected chi connectivity index (χ4v) is 5.99. The van der Waals surface area contributed by atoms with Crippen LogP contribution in [0.5, 0.6) is 0 Å². The van der Waals surface area contributed by atoms with Gasteiger partial charge in [0.05, 0.1) is 22.0 Å². The Labute approximate surface area is 176 Å². The van der Waals surface area contributed by atoms with Crippen molar-refractivity contribution in [2.75, 3.05) is 38.2 Å². The molecule has 5 rings (SSSR count). The first-order valence-corrected chi connectivity index (χ1v) is 11.8. The topological polar surface area (TPSA) is 76.5 Å². The van der Waals surface area contributed by atoms with Crippen LogP contribution in [0.1, 0.15) is 24.3 Å². The molecule has 8 heteroatoms. The lowest BCUT2D eigenvalue weighted by Gasteiger charge is -2.19. The number of benzene rings is 1. The summed E-state index contributed by atoms with van der Waals surface area (Å²) in [7, 11) is -2.03. The minimum atomic E-state index is -3.75. The van der Waals surface area contributed by atoms with Crippen LogP contribution < -0.4 is 10.2 Å². The van der Waals surface area contributed by atoms with Crippen LogP contribution in [0.3, 0.4) is 0 Å². The second kappa shape index (κ2) is 7.68. The third-order valence-corrected chi connectivity index (χ3v) is 7.94. The van der Waals surface area contributed by atoms with E-state index in [1.165, 1.54) is 3.97 Å².